The van der Waals surface area contributed by atoms with Crippen LogP contribution in [0.25, 0.3) is 0 Å². The summed E-state index contributed by atoms with van der Waals surface area (Å²) in [5.41, 5.74) is 0.932. The van der Waals surface area contributed by atoms with Gasteiger partial charge >= 0.3 is 6.09 Å². The van der Waals surface area contributed by atoms with E-state index in [1.807, 2.05) is 44.2 Å². The molecule has 1 rings (SSSR count). The maximum absolute atomic E-state index is 11.8. The Morgan fingerprint density at radius 2 is 2.00 bits per heavy atom. The van der Waals surface area contributed by atoms with E-state index in [9.17, 15) is 9.59 Å². The van der Waals surface area contributed by atoms with E-state index in [1.165, 1.54) is 4.90 Å². The zero-order valence-corrected chi connectivity index (χ0v) is 10.8. The molecule has 0 radical (unpaired) electrons. The van der Waals surface area contributed by atoms with Crippen molar-refractivity contribution in [2.45, 2.75) is 20.5 Å². The molecule has 0 fully saturated rings. The van der Waals surface area contributed by atoms with E-state index in [0.717, 1.165) is 5.56 Å². The van der Waals surface area contributed by atoms with Crippen LogP contribution >= 0.6 is 0 Å². The largest absolute Gasteiger partial charge is 0.445 e. The molecule has 0 saturated carbocycles. The molecule has 0 aliphatic rings. The lowest BCUT2D eigenvalue weighted by atomic mass is 10.2. The van der Waals surface area contributed by atoms with E-state index >= 15 is 0 Å². The Balaban J connectivity index is 2.48. The topological polar surface area (TPSA) is 46.6 Å². The number of nitrogens with zero attached hydrogens (tertiary/aromatic N) is 1. The minimum atomic E-state index is -0.445. The van der Waals surface area contributed by atoms with Crippen molar-refractivity contribution in [1.29, 1.82) is 0 Å². The van der Waals surface area contributed by atoms with Crippen molar-refractivity contribution in [2.24, 2.45) is 5.92 Å². The van der Waals surface area contributed by atoms with E-state index in [0.29, 0.717) is 18.7 Å². The quantitative estimate of drug-likeness (QED) is 0.728. The molecule has 18 heavy (non-hydrogen) atoms. The molecule has 1 aromatic carbocycles. The van der Waals surface area contributed by atoms with Gasteiger partial charge in [-0.05, 0) is 11.5 Å². The Hall–Kier alpha value is -1.84. The van der Waals surface area contributed by atoms with Crippen LogP contribution in [0.3, 0.4) is 0 Å². The predicted molar refractivity (Wildman–Crippen MR) is 69.1 cm³/mol. The van der Waals surface area contributed by atoms with Crippen LogP contribution in [0.2, 0.25) is 0 Å². The zero-order chi connectivity index (χ0) is 13.4. The van der Waals surface area contributed by atoms with Crippen LogP contribution in [0.1, 0.15) is 19.4 Å². The van der Waals surface area contributed by atoms with Crippen LogP contribution in [0.5, 0.6) is 0 Å². The fourth-order valence-electron chi connectivity index (χ4n) is 1.56. The van der Waals surface area contributed by atoms with E-state index in [1.54, 1.807) is 0 Å². The highest BCUT2D eigenvalue weighted by Crippen LogP contribution is 2.05. The fourth-order valence-corrected chi connectivity index (χ4v) is 1.56. The number of amides is 1. The SMILES string of the molecule is CC(C)CN(CC=O)C(=O)OCc1ccccc1. The smallest absolute Gasteiger partial charge is 0.410 e. The first-order valence-electron chi connectivity index (χ1n) is 6.02. The molecule has 0 unspecified atom stereocenters. The van der Waals surface area contributed by atoms with Crippen LogP contribution < -0.4 is 0 Å². The summed E-state index contributed by atoms with van der Waals surface area (Å²) in [4.78, 5) is 23.7. The molecule has 0 aromatic heterocycles. The average Bonchev–Trinajstić information content (AvgIpc) is 2.36. The lowest BCUT2D eigenvalue weighted by Crippen LogP contribution is -2.36. The summed E-state index contributed by atoms with van der Waals surface area (Å²) < 4.78 is 5.17. The van der Waals surface area contributed by atoms with Gasteiger partial charge in [0, 0.05) is 6.54 Å². The minimum Gasteiger partial charge on any atom is -0.445 e. The van der Waals surface area contributed by atoms with Crippen molar-refractivity contribution in [3.05, 3.63) is 35.9 Å². The van der Waals surface area contributed by atoms with Gasteiger partial charge in [-0.15, -0.1) is 0 Å². The molecule has 4 heteroatoms. The molecular weight excluding hydrogens is 230 g/mol. The first-order valence-corrected chi connectivity index (χ1v) is 6.02. The van der Waals surface area contributed by atoms with Gasteiger partial charge in [0.05, 0.1) is 6.54 Å². The molecule has 0 heterocycles. The molecule has 0 N–H and O–H groups in total. The van der Waals surface area contributed by atoms with Gasteiger partial charge < -0.3 is 14.4 Å². The first-order chi connectivity index (χ1) is 8.63. The molecule has 1 aromatic rings. The van der Waals surface area contributed by atoms with Crippen molar-refractivity contribution in [3.63, 3.8) is 0 Å². The molecular formula is C14H19NO3. The third-order valence-corrected chi connectivity index (χ3v) is 2.34. The number of hydrogen-bond donors (Lipinski definition) is 0. The second-order valence-corrected chi connectivity index (χ2v) is 4.51. The van der Waals surface area contributed by atoms with Crippen molar-refractivity contribution in [2.75, 3.05) is 13.1 Å². The second-order valence-electron chi connectivity index (χ2n) is 4.51. The highest BCUT2D eigenvalue weighted by atomic mass is 16.6. The van der Waals surface area contributed by atoms with Gasteiger partial charge in [0.1, 0.15) is 12.9 Å². The number of aldehydes is 1. The van der Waals surface area contributed by atoms with E-state index < -0.39 is 6.09 Å². The third kappa shape index (κ3) is 4.99. The Morgan fingerprint density at radius 3 is 2.56 bits per heavy atom. The van der Waals surface area contributed by atoms with Crippen molar-refractivity contribution in [1.82, 2.24) is 4.90 Å². The maximum atomic E-state index is 11.8. The van der Waals surface area contributed by atoms with Crippen LogP contribution in [0, 0.1) is 5.92 Å². The highest BCUT2D eigenvalue weighted by Gasteiger charge is 2.15. The van der Waals surface area contributed by atoms with Crippen molar-refractivity contribution < 1.29 is 14.3 Å². The summed E-state index contributed by atoms with van der Waals surface area (Å²) in [6.07, 6.45) is 0.270. The van der Waals surface area contributed by atoms with Gasteiger partial charge in [-0.2, -0.15) is 0 Å². The molecule has 0 aliphatic heterocycles. The Bertz CT molecular complexity index is 376. The first kappa shape index (κ1) is 14.2. The van der Waals surface area contributed by atoms with Crippen LogP contribution in [0.15, 0.2) is 30.3 Å². The summed E-state index contributed by atoms with van der Waals surface area (Å²) in [6.45, 7) is 4.80. The van der Waals surface area contributed by atoms with Gasteiger partial charge in [-0.25, -0.2) is 4.79 Å². The molecule has 0 aliphatic carbocycles. The maximum Gasteiger partial charge on any atom is 0.410 e. The number of ether oxygens (including phenoxy) is 1. The third-order valence-electron chi connectivity index (χ3n) is 2.34. The highest BCUT2D eigenvalue weighted by molar-refractivity contribution is 5.71. The molecule has 0 spiro atoms. The number of benzene rings is 1. The fraction of sp³-hybridized carbons (Fsp3) is 0.429. The minimum absolute atomic E-state index is 0.0752. The van der Waals surface area contributed by atoms with E-state index in [-0.39, 0.29) is 13.2 Å². The summed E-state index contributed by atoms with van der Waals surface area (Å²) in [7, 11) is 0. The van der Waals surface area contributed by atoms with Gasteiger partial charge in [-0.3, -0.25) is 0 Å². The molecule has 1 amide bonds. The van der Waals surface area contributed by atoms with Crippen LogP contribution in [-0.4, -0.2) is 30.4 Å². The summed E-state index contributed by atoms with van der Waals surface area (Å²) in [6, 6.07) is 9.46. The van der Waals surface area contributed by atoms with Crippen molar-refractivity contribution >= 4 is 12.4 Å². The molecule has 0 saturated heterocycles. The van der Waals surface area contributed by atoms with Crippen LogP contribution in [-0.2, 0) is 16.1 Å². The lowest BCUT2D eigenvalue weighted by Gasteiger charge is -2.21. The van der Waals surface area contributed by atoms with Gasteiger partial charge in [0.2, 0.25) is 0 Å². The summed E-state index contributed by atoms with van der Waals surface area (Å²) in [5.74, 6) is 0.300. The second kappa shape index (κ2) is 7.48. The van der Waals surface area contributed by atoms with Crippen molar-refractivity contribution in [3.8, 4) is 0 Å². The summed E-state index contributed by atoms with van der Waals surface area (Å²) in [5, 5.41) is 0. The van der Waals surface area contributed by atoms with Gasteiger partial charge in [0.25, 0.3) is 0 Å². The molecule has 98 valence electrons. The van der Waals surface area contributed by atoms with Gasteiger partial charge in [-0.1, -0.05) is 44.2 Å². The Kier molecular flexibility index (Phi) is 5.91. The number of hydrogen-bond acceptors (Lipinski definition) is 3. The average molecular weight is 249 g/mol. The Labute approximate surface area is 108 Å². The normalized spacial score (nSPS) is 10.2. The Morgan fingerprint density at radius 1 is 1.33 bits per heavy atom. The number of carbonyl (C=O) groups is 2. The molecule has 0 atom stereocenters. The van der Waals surface area contributed by atoms with Crippen LogP contribution in [0.4, 0.5) is 4.79 Å². The van der Waals surface area contributed by atoms with E-state index in [4.69, 9.17) is 4.74 Å². The number of rotatable bonds is 6. The summed E-state index contributed by atoms with van der Waals surface area (Å²) >= 11 is 0. The lowest BCUT2D eigenvalue weighted by molar-refractivity contribution is -0.108. The van der Waals surface area contributed by atoms with Gasteiger partial charge in [0.15, 0.2) is 0 Å². The zero-order valence-electron chi connectivity index (χ0n) is 10.8. The predicted octanol–water partition coefficient (Wildman–Crippen LogP) is 2.48. The number of carbonyl (C=O) groups excluding carboxylic acids is 2. The molecule has 4 nitrogen and oxygen atoms in total. The standard InChI is InChI=1S/C14H19NO3/c1-12(2)10-15(8-9-16)14(17)18-11-13-6-4-3-5-7-13/h3-7,9,12H,8,10-11H2,1-2H3. The monoisotopic (exact) mass is 249 g/mol. The molecule has 0 bridgehead atoms. The van der Waals surface area contributed by atoms with E-state index in [2.05, 4.69) is 0 Å².